The van der Waals surface area contributed by atoms with E-state index < -0.39 is 15.6 Å². The van der Waals surface area contributed by atoms with E-state index in [1.165, 1.54) is 0 Å². The summed E-state index contributed by atoms with van der Waals surface area (Å²) in [5.74, 6) is 0. The molecule has 0 aromatic rings. The van der Waals surface area contributed by atoms with Gasteiger partial charge < -0.3 is 24.1 Å². The maximum atomic E-state index is 9.44. The summed E-state index contributed by atoms with van der Waals surface area (Å²) in [5, 5.41) is 0. The molecule has 0 heterocycles. The van der Waals surface area contributed by atoms with Gasteiger partial charge in [0.25, 0.3) is 7.82 Å². The zero-order valence-corrected chi connectivity index (χ0v) is 8.58. The molecule has 56 valence electrons. The first kappa shape index (κ1) is 23.7. The van der Waals surface area contributed by atoms with Crippen molar-refractivity contribution in [3.63, 3.8) is 0 Å². The minimum absolute atomic E-state index is 0. The second-order valence-corrected chi connectivity index (χ2v) is 3.48. The molecule has 1 unspecified atom stereocenters. The van der Waals surface area contributed by atoms with Gasteiger partial charge in [0.2, 0.25) is 0 Å². The van der Waals surface area contributed by atoms with E-state index in [-0.39, 0.29) is 56.6 Å². The minimum atomic E-state index is -5.61. The van der Waals surface area contributed by atoms with Gasteiger partial charge in [-0.2, -0.15) is 0 Å². The topological polar surface area (TPSA) is 133 Å². The first-order valence-corrected chi connectivity index (χ1v) is 4.43. The Bertz CT molecular complexity index is 157. The second kappa shape index (κ2) is 8.37. The van der Waals surface area contributed by atoms with Crippen LogP contribution in [0.4, 0.5) is 0 Å². The van der Waals surface area contributed by atoms with E-state index in [9.17, 15) is 23.8 Å². The maximum absolute atomic E-state index is 9.44. The van der Waals surface area contributed by atoms with Crippen LogP contribution in [0.2, 0.25) is 0 Å². The van der Waals surface area contributed by atoms with E-state index in [4.69, 9.17) is 4.89 Å². The molecule has 0 aliphatic heterocycles. The summed E-state index contributed by atoms with van der Waals surface area (Å²) in [6.07, 6.45) is 0. The van der Waals surface area contributed by atoms with Crippen molar-refractivity contribution in [2.45, 2.75) is 0 Å². The molecule has 0 fully saturated rings. The van der Waals surface area contributed by atoms with E-state index in [2.05, 4.69) is 4.31 Å². The fraction of sp³-hybridized carbons (Fsp3) is 0. The summed E-state index contributed by atoms with van der Waals surface area (Å²) in [6, 6.07) is 0. The molecule has 12 heteroatoms. The summed E-state index contributed by atoms with van der Waals surface area (Å²) in [6.45, 7) is 0. The van der Waals surface area contributed by atoms with Gasteiger partial charge in [0, 0.05) is 0 Å². The van der Waals surface area contributed by atoms with Crippen LogP contribution in [0, 0.1) is 0 Å². The Balaban J connectivity index is -0.000000107. The zero-order chi connectivity index (χ0) is 7.71. The Kier molecular flexibility index (Phi) is 16.5. The predicted molar refractivity (Wildman–Crippen MR) is 18.5 cm³/mol. The largest absolute Gasteiger partial charge is 1.00 e. The molecule has 0 aliphatic rings. The van der Waals surface area contributed by atoms with Crippen molar-refractivity contribution in [2.75, 3.05) is 0 Å². The molecule has 0 radical (unpaired) electrons. The summed E-state index contributed by atoms with van der Waals surface area (Å²) in [5.41, 5.74) is 0. The fourth-order valence-electron chi connectivity index (χ4n) is 0.126. The van der Waals surface area contributed by atoms with Gasteiger partial charge in [-0.15, -0.1) is 0 Å². The zero-order valence-electron chi connectivity index (χ0n) is 6.79. The molecule has 0 aromatic heterocycles. The smallest absolute Gasteiger partial charge is 0.790 e. The van der Waals surface area contributed by atoms with Crippen molar-refractivity contribution in [1.82, 2.24) is 0 Å². The third kappa shape index (κ3) is 22.7. The molecular formula is HLi3O7P2. The van der Waals surface area contributed by atoms with Gasteiger partial charge >= 0.3 is 56.6 Å². The number of hydrogen-bond acceptors (Lipinski definition) is 6. The fourth-order valence-corrected chi connectivity index (χ4v) is 1.14. The van der Waals surface area contributed by atoms with Gasteiger partial charge in [0.15, 0.2) is 0 Å². The quantitative estimate of drug-likeness (QED) is 0.342. The summed E-state index contributed by atoms with van der Waals surface area (Å²) >= 11 is 0. The molecule has 0 spiro atoms. The maximum Gasteiger partial charge on any atom is 1.00 e. The van der Waals surface area contributed by atoms with Crippen LogP contribution in [-0.2, 0) is 13.4 Å². The van der Waals surface area contributed by atoms with E-state index in [1.54, 1.807) is 0 Å². The van der Waals surface area contributed by atoms with Crippen LogP contribution in [0.5, 0.6) is 0 Å². The van der Waals surface area contributed by atoms with E-state index in [0.29, 0.717) is 0 Å². The Morgan fingerprint density at radius 1 is 1.00 bits per heavy atom. The molecule has 7 nitrogen and oxygen atoms in total. The first-order valence-electron chi connectivity index (χ1n) is 1.48. The van der Waals surface area contributed by atoms with Crippen LogP contribution in [-0.4, -0.2) is 4.89 Å². The van der Waals surface area contributed by atoms with Crippen molar-refractivity contribution < 1.29 is 89.6 Å². The van der Waals surface area contributed by atoms with Crippen molar-refractivity contribution in [2.24, 2.45) is 0 Å². The van der Waals surface area contributed by atoms with Gasteiger partial charge in [0.05, 0.1) is 7.82 Å². The Morgan fingerprint density at radius 2 is 1.25 bits per heavy atom. The Labute approximate surface area is 105 Å². The monoisotopic (exact) mass is 196 g/mol. The normalized spacial score (nSPS) is 14.3. The van der Waals surface area contributed by atoms with Crippen molar-refractivity contribution >= 4 is 15.6 Å². The molecule has 0 saturated heterocycles. The average Bonchev–Trinajstić information content (AvgIpc) is 1.14. The van der Waals surface area contributed by atoms with Crippen LogP contribution in [0.15, 0.2) is 0 Å². The van der Waals surface area contributed by atoms with Gasteiger partial charge in [-0.1, -0.05) is 0 Å². The van der Waals surface area contributed by atoms with Crippen LogP contribution < -0.4 is 71.3 Å². The molecule has 0 rings (SSSR count). The van der Waals surface area contributed by atoms with Gasteiger partial charge in [-0.3, -0.25) is 8.88 Å². The molecule has 0 aromatic carbocycles. The molecule has 1 N–H and O–H groups in total. The first-order chi connectivity index (χ1) is 3.71. The Hall–Kier alpha value is 2.05. The minimum Gasteiger partial charge on any atom is -0.790 e. The standard InChI is InChI=1S/3Li.H4O7P2/c;;;1-8(2,3)7-9(4,5)6/h;;;(H2,1,2,3)(H2,4,5,6)/q3*+1;/p-3. The third-order valence-corrected chi connectivity index (χ3v) is 1.83. The predicted octanol–water partition coefficient (Wildman–Crippen LogP) is -11.7. The second-order valence-electron chi connectivity index (χ2n) is 0.997. The van der Waals surface area contributed by atoms with Crippen LogP contribution in [0.3, 0.4) is 0 Å². The Morgan fingerprint density at radius 3 is 1.25 bits per heavy atom. The van der Waals surface area contributed by atoms with Gasteiger partial charge in [0.1, 0.15) is 0 Å². The molecule has 0 bridgehead atoms. The van der Waals surface area contributed by atoms with Crippen LogP contribution >= 0.6 is 15.6 Å². The van der Waals surface area contributed by atoms with Crippen molar-refractivity contribution in [1.29, 1.82) is 0 Å². The number of hydrogen-bond donors (Lipinski definition) is 1. The van der Waals surface area contributed by atoms with Gasteiger partial charge in [-0.25, -0.2) is 0 Å². The van der Waals surface area contributed by atoms with E-state index in [1.807, 2.05) is 0 Å². The molecular weight excluding hydrogens is 195 g/mol. The third-order valence-electron chi connectivity index (χ3n) is 0.203. The molecule has 12 heavy (non-hydrogen) atoms. The number of rotatable bonds is 2. The van der Waals surface area contributed by atoms with Crippen molar-refractivity contribution in [3.05, 3.63) is 0 Å². The van der Waals surface area contributed by atoms with Crippen LogP contribution in [0.1, 0.15) is 0 Å². The molecule has 0 saturated carbocycles. The molecule has 0 amide bonds. The summed E-state index contributed by atoms with van der Waals surface area (Å²) < 4.78 is 21.4. The van der Waals surface area contributed by atoms with Gasteiger partial charge in [-0.05, 0) is 0 Å². The number of phosphoric acid groups is 2. The summed E-state index contributed by atoms with van der Waals surface area (Å²) in [4.78, 5) is 35.7. The van der Waals surface area contributed by atoms with E-state index >= 15 is 0 Å². The van der Waals surface area contributed by atoms with E-state index in [0.717, 1.165) is 0 Å². The van der Waals surface area contributed by atoms with Crippen molar-refractivity contribution in [3.8, 4) is 0 Å². The average molecular weight is 196 g/mol. The SMILES string of the molecule is O=P([O-])([O-])OP(=O)([O-])O.[Li+].[Li+].[Li+]. The summed E-state index contributed by atoms with van der Waals surface area (Å²) in [7, 11) is -11.0. The molecule has 1 atom stereocenters. The molecule has 0 aliphatic carbocycles. The van der Waals surface area contributed by atoms with Crippen LogP contribution in [0.25, 0.3) is 0 Å².